The van der Waals surface area contributed by atoms with Gasteiger partial charge in [0.1, 0.15) is 5.82 Å². The number of carbonyl (C=O) groups is 1. The smallest absolute Gasteiger partial charge is 0.274 e. The molecular weight excluding hydrogens is 416 g/mol. The Bertz CT molecular complexity index is 1170. The molecule has 1 unspecified atom stereocenters. The van der Waals surface area contributed by atoms with Crippen molar-refractivity contribution in [1.29, 1.82) is 0 Å². The standard InChI is InChI=1S/C20H17F2N3O4S/c1-20(19(26)25-18-12-23-9-10-24-18,29-17-8-5-14(21)11-16(17)22)13-3-6-15(7-4-13)30(2,27)28/h3-12H,1-2H3,(H,24,25,26). The van der Waals surface area contributed by atoms with Crippen molar-refractivity contribution in [3.63, 3.8) is 0 Å². The fourth-order valence-electron chi connectivity index (χ4n) is 2.63. The second-order valence-electron chi connectivity index (χ2n) is 6.55. The summed E-state index contributed by atoms with van der Waals surface area (Å²) < 4.78 is 56.6. The van der Waals surface area contributed by atoms with Gasteiger partial charge in [-0.1, -0.05) is 12.1 Å². The molecule has 30 heavy (non-hydrogen) atoms. The summed E-state index contributed by atoms with van der Waals surface area (Å²) >= 11 is 0. The number of aromatic nitrogens is 2. The largest absolute Gasteiger partial charge is 0.470 e. The summed E-state index contributed by atoms with van der Waals surface area (Å²) in [7, 11) is -3.47. The summed E-state index contributed by atoms with van der Waals surface area (Å²) in [6.07, 6.45) is 5.15. The van der Waals surface area contributed by atoms with E-state index < -0.39 is 33.0 Å². The number of anilines is 1. The van der Waals surface area contributed by atoms with E-state index in [1.54, 1.807) is 0 Å². The molecule has 0 fully saturated rings. The molecule has 156 valence electrons. The zero-order valence-corrected chi connectivity index (χ0v) is 16.8. The Kier molecular flexibility index (Phi) is 5.79. The molecule has 10 heteroatoms. The Balaban J connectivity index is 2.04. The summed E-state index contributed by atoms with van der Waals surface area (Å²) in [4.78, 5) is 20.9. The van der Waals surface area contributed by atoms with E-state index in [9.17, 15) is 22.0 Å². The van der Waals surface area contributed by atoms with Gasteiger partial charge >= 0.3 is 0 Å². The Morgan fingerprint density at radius 3 is 2.37 bits per heavy atom. The molecule has 1 atom stereocenters. The minimum atomic E-state index is -3.47. The number of hydrogen-bond donors (Lipinski definition) is 1. The fraction of sp³-hybridized carbons (Fsp3) is 0.150. The molecule has 0 radical (unpaired) electrons. The Labute approximate surface area is 171 Å². The number of ether oxygens (including phenoxy) is 1. The number of amides is 1. The van der Waals surface area contributed by atoms with E-state index in [1.807, 2.05) is 0 Å². The first-order chi connectivity index (χ1) is 14.1. The Morgan fingerprint density at radius 1 is 1.10 bits per heavy atom. The van der Waals surface area contributed by atoms with E-state index in [1.165, 1.54) is 49.8 Å². The minimum Gasteiger partial charge on any atom is -0.470 e. The van der Waals surface area contributed by atoms with Gasteiger partial charge in [0.05, 0.1) is 11.1 Å². The fourth-order valence-corrected chi connectivity index (χ4v) is 3.26. The van der Waals surface area contributed by atoms with Gasteiger partial charge in [-0.05, 0) is 31.2 Å². The summed E-state index contributed by atoms with van der Waals surface area (Å²) in [5.41, 5.74) is -1.58. The Morgan fingerprint density at radius 2 is 1.80 bits per heavy atom. The van der Waals surface area contributed by atoms with Crippen molar-refractivity contribution in [2.24, 2.45) is 0 Å². The van der Waals surface area contributed by atoms with Gasteiger partial charge in [0, 0.05) is 30.3 Å². The average Bonchev–Trinajstić information content (AvgIpc) is 2.70. The second-order valence-corrected chi connectivity index (χ2v) is 8.57. The maximum absolute atomic E-state index is 14.2. The lowest BCUT2D eigenvalue weighted by molar-refractivity contribution is -0.130. The number of hydrogen-bond acceptors (Lipinski definition) is 6. The van der Waals surface area contributed by atoms with Gasteiger partial charge in [-0.25, -0.2) is 22.2 Å². The van der Waals surface area contributed by atoms with Gasteiger partial charge in [-0.15, -0.1) is 0 Å². The van der Waals surface area contributed by atoms with Crippen LogP contribution < -0.4 is 10.1 Å². The van der Waals surface area contributed by atoms with Crippen molar-refractivity contribution in [3.8, 4) is 5.75 Å². The van der Waals surface area contributed by atoms with E-state index in [-0.39, 0.29) is 22.0 Å². The number of halogens is 2. The zero-order chi connectivity index (χ0) is 21.9. The highest BCUT2D eigenvalue weighted by Crippen LogP contribution is 2.32. The summed E-state index contributed by atoms with van der Waals surface area (Å²) in [5, 5.41) is 2.52. The van der Waals surface area contributed by atoms with E-state index in [0.717, 1.165) is 18.4 Å². The first-order valence-electron chi connectivity index (χ1n) is 8.62. The molecular formula is C20H17F2N3O4S. The second kappa shape index (κ2) is 8.15. The van der Waals surface area contributed by atoms with Gasteiger partial charge in [-0.2, -0.15) is 0 Å². The van der Waals surface area contributed by atoms with E-state index in [0.29, 0.717) is 6.07 Å². The van der Waals surface area contributed by atoms with E-state index in [4.69, 9.17) is 4.74 Å². The Hall–Kier alpha value is -3.40. The third-order valence-corrected chi connectivity index (χ3v) is 5.41. The van der Waals surface area contributed by atoms with E-state index in [2.05, 4.69) is 15.3 Å². The molecule has 1 heterocycles. The lowest BCUT2D eigenvalue weighted by atomic mass is 9.94. The van der Waals surface area contributed by atoms with Crippen molar-refractivity contribution in [2.45, 2.75) is 17.4 Å². The summed E-state index contributed by atoms with van der Waals surface area (Å²) in [6.45, 7) is 1.37. The summed E-state index contributed by atoms with van der Waals surface area (Å²) in [5.74, 6) is -2.76. The van der Waals surface area contributed by atoms with Crippen LogP contribution in [0, 0.1) is 11.6 Å². The number of nitrogens with zero attached hydrogens (tertiary/aromatic N) is 2. The van der Waals surface area contributed by atoms with Crippen molar-refractivity contribution < 1.29 is 26.7 Å². The lowest BCUT2D eigenvalue weighted by Gasteiger charge is -2.30. The van der Waals surface area contributed by atoms with Crippen LogP contribution in [-0.2, 0) is 20.2 Å². The van der Waals surface area contributed by atoms with Crippen LogP contribution in [0.4, 0.5) is 14.6 Å². The number of nitrogens with one attached hydrogen (secondary N) is 1. The number of sulfone groups is 1. The quantitative estimate of drug-likeness (QED) is 0.642. The third kappa shape index (κ3) is 4.60. The topological polar surface area (TPSA) is 98.2 Å². The molecule has 2 aromatic carbocycles. The molecule has 0 spiro atoms. The maximum atomic E-state index is 14.2. The molecule has 0 aliphatic carbocycles. The van der Waals surface area contributed by atoms with Crippen LogP contribution in [0.5, 0.6) is 5.75 Å². The van der Waals surface area contributed by atoms with Crippen molar-refractivity contribution in [3.05, 3.63) is 78.3 Å². The van der Waals surface area contributed by atoms with Crippen molar-refractivity contribution in [1.82, 2.24) is 9.97 Å². The van der Waals surface area contributed by atoms with Crippen LogP contribution in [0.25, 0.3) is 0 Å². The average molecular weight is 433 g/mol. The van der Waals surface area contributed by atoms with Crippen LogP contribution in [0.1, 0.15) is 12.5 Å². The van der Waals surface area contributed by atoms with Gasteiger partial charge < -0.3 is 10.1 Å². The van der Waals surface area contributed by atoms with Crippen LogP contribution >= 0.6 is 0 Å². The monoisotopic (exact) mass is 433 g/mol. The molecule has 1 aromatic heterocycles. The van der Waals surface area contributed by atoms with Gasteiger partial charge in [0.2, 0.25) is 5.60 Å². The molecule has 0 saturated carbocycles. The zero-order valence-electron chi connectivity index (χ0n) is 16.0. The van der Waals surface area contributed by atoms with E-state index >= 15 is 0 Å². The minimum absolute atomic E-state index is 0.0379. The molecule has 0 aliphatic rings. The number of benzene rings is 2. The molecule has 0 aliphatic heterocycles. The highest BCUT2D eigenvalue weighted by molar-refractivity contribution is 7.90. The van der Waals surface area contributed by atoms with Crippen LogP contribution in [0.15, 0.2) is 66.0 Å². The third-order valence-electron chi connectivity index (χ3n) is 4.28. The number of carbonyl (C=O) groups excluding carboxylic acids is 1. The van der Waals surface area contributed by atoms with Gasteiger partial charge in [0.15, 0.2) is 27.2 Å². The molecule has 3 rings (SSSR count). The predicted octanol–water partition coefficient (Wildman–Crippen LogP) is 3.09. The van der Waals surface area contributed by atoms with Crippen LogP contribution in [0.2, 0.25) is 0 Å². The van der Waals surface area contributed by atoms with Crippen LogP contribution in [-0.4, -0.2) is 30.5 Å². The highest BCUT2D eigenvalue weighted by Gasteiger charge is 2.39. The van der Waals surface area contributed by atoms with Crippen molar-refractivity contribution >= 4 is 21.6 Å². The first kappa shape index (κ1) is 21.3. The first-order valence-corrected chi connectivity index (χ1v) is 10.5. The molecule has 0 saturated heterocycles. The normalized spacial score (nSPS) is 13.3. The van der Waals surface area contributed by atoms with Crippen molar-refractivity contribution in [2.75, 3.05) is 11.6 Å². The van der Waals surface area contributed by atoms with Gasteiger partial charge in [0.25, 0.3) is 5.91 Å². The molecule has 1 N–H and O–H groups in total. The summed E-state index contributed by atoms with van der Waals surface area (Å²) in [6, 6.07) is 8.06. The number of rotatable bonds is 6. The molecule has 1 amide bonds. The predicted molar refractivity (Wildman–Crippen MR) is 105 cm³/mol. The molecule has 0 bridgehead atoms. The molecule has 7 nitrogen and oxygen atoms in total. The maximum Gasteiger partial charge on any atom is 0.274 e. The lowest BCUT2D eigenvalue weighted by Crippen LogP contribution is -2.43. The SMILES string of the molecule is CC(Oc1ccc(F)cc1F)(C(=O)Nc1cnccn1)c1ccc(S(C)(=O)=O)cc1. The highest BCUT2D eigenvalue weighted by atomic mass is 32.2. The van der Waals surface area contributed by atoms with Gasteiger partial charge in [-0.3, -0.25) is 9.78 Å². The molecule has 3 aromatic rings. The van der Waals surface area contributed by atoms with Crippen LogP contribution in [0.3, 0.4) is 0 Å².